The number of carbonyl (C=O) groups excluding carboxylic acids is 1. The molecule has 0 heterocycles. The zero-order valence-electron chi connectivity index (χ0n) is 16.6. The first kappa shape index (κ1) is 18.3. The summed E-state index contributed by atoms with van der Waals surface area (Å²) in [4.78, 5) is 13.3. The van der Waals surface area contributed by atoms with E-state index in [-0.39, 0.29) is 28.3 Å². The zero-order chi connectivity index (χ0) is 17.6. The third kappa shape index (κ3) is 3.27. The minimum Gasteiger partial charge on any atom is -0.462 e. The summed E-state index contributed by atoms with van der Waals surface area (Å²) in [6.45, 7) is 11.3. The van der Waals surface area contributed by atoms with Crippen LogP contribution in [0.15, 0.2) is 0 Å². The van der Waals surface area contributed by atoms with Crippen LogP contribution in [0.25, 0.3) is 0 Å². The molecule has 3 fully saturated rings. The van der Waals surface area contributed by atoms with Crippen molar-refractivity contribution in [1.82, 2.24) is 0 Å². The van der Waals surface area contributed by atoms with E-state index >= 15 is 0 Å². The van der Waals surface area contributed by atoms with Crippen molar-refractivity contribution in [1.29, 1.82) is 0 Å². The van der Waals surface area contributed by atoms with Gasteiger partial charge in [-0.3, -0.25) is 4.79 Å². The molecule has 0 aromatic rings. The fourth-order valence-corrected chi connectivity index (χ4v) is 5.65. The number of ether oxygens (including phenoxy) is 1. The van der Waals surface area contributed by atoms with Crippen LogP contribution in [0.5, 0.6) is 0 Å². The van der Waals surface area contributed by atoms with E-state index in [1.165, 1.54) is 38.5 Å². The second-order valence-corrected chi connectivity index (χ2v) is 10.4. The molecule has 3 aliphatic carbocycles. The molecule has 4 atom stereocenters. The molecule has 3 rings (SSSR count). The van der Waals surface area contributed by atoms with Gasteiger partial charge in [-0.1, -0.05) is 60.3 Å². The number of carbonyl (C=O) groups is 1. The van der Waals surface area contributed by atoms with Gasteiger partial charge in [0.25, 0.3) is 0 Å². The van der Waals surface area contributed by atoms with E-state index in [2.05, 4.69) is 34.6 Å². The van der Waals surface area contributed by atoms with Crippen LogP contribution in [0, 0.1) is 28.1 Å². The van der Waals surface area contributed by atoms with Gasteiger partial charge in [0, 0.05) is 0 Å². The van der Waals surface area contributed by atoms with Crippen LogP contribution in [0.1, 0.15) is 98.8 Å². The van der Waals surface area contributed by atoms with Crippen LogP contribution in [0.2, 0.25) is 0 Å². The summed E-state index contributed by atoms with van der Waals surface area (Å²) in [6.07, 6.45) is 12.3. The van der Waals surface area contributed by atoms with E-state index in [1.54, 1.807) is 0 Å². The highest BCUT2D eigenvalue weighted by Gasteiger charge is 2.68. The number of hydrogen-bond donors (Lipinski definition) is 0. The van der Waals surface area contributed by atoms with Crippen LogP contribution in [-0.4, -0.2) is 12.1 Å². The van der Waals surface area contributed by atoms with Gasteiger partial charge in [0.1, 0.15) is 6.10 Å². The topological polar surface area (TPSA) is 26.3 Å². The standard InChI is InChI=1S/C22H38O2/c1-6-20(2,3)14-22(15-21(22,4)5)19(23)24-18-13-9-11-16-10-7-8-12-17(16)18/h16-18H,6-15H2,1-5H3. The third-order valence-corrected chi connectivity index (χ3v) is 7.81. The van der Waals surface area contributed by atoms with Gasteiger partial charge >= 0.3 is 5.97 Å². The number of esters is 1. The van der Waals surface area contributed by atoms with Gasteiger partial charge in [0.05, 0.1) is 5.41 Å². The molecule has 3 aliphatic rings. The fourth-order valence-electron chi connectivity index (χ4n) is 5.65. The van der Waals surface area contributed by atoms with Crippen molar-refractivity contribution in [2.75, 3.05) is 0 Å². The number of rotatable bonds is 5. The maximum Gasteiger partial charge on any atom is 0.312 e. The Hall–Kier alpha value is -0.530. The molecule has 0 aromatic carbocycles. The first-order valence-electron chi connectivity index (χ1n) is 10.4. The Morgan fingerprint density at radius 1 is 1.08 bits per heavy atom. The zero-order valence-corrected chi connectivity index (χ0v) is 16.6. The first-order valence-corrected chi connectivity index (χ1v) is 10.4. The lowest BCUT2D eigenvalue weighted by molar-refractivity contribution is -0.166. The van der Waals surface area contributed by atoms with E-state index in [9.17, 15) is 4.79 Å². The summed E-state index contributed by atoms with van der Waals surface area (Å²) in [5.41, 5.74) is 0.0952. The van der Waals surface area contributed by atoms with Gasteiger partial charge in [-0.15, -0.1) is 0 Å². The Kier molecular flexibility index (Phi) is 4.81. The lowest BCUT2D eigenvalue weighted by Crippen LogP contribution is -2.40. The second kappa shape index (κ2) is 6.32. The molecule has 4 unspecified atom stereocenters. The molecule has 2 nitrogen and oxygen atoms in total. The molecule has 0 spiro atoms. The summed E-state index contributed by atoms with van der Waals surface area (Å²) in [6, 6.07) is 0. The van der Waals surface area contributed by atoms with E-state index < -0.39 is 0 Å². The predicted octanol–water partition coefficient (Wildman–Crippen LogP) is 6.13. The SMILES string of the molecule is CCC(C)(C)CC1(C(=O)OC2CCCC3CCCCC32)CC1(C)C. The Morgan fingerprint density at radius 2 is 1.71 bits per heavy atom. The molecule has 0 amide bonds. The van der Waals surface area contributed by atoms with E-state index in [4.69, 9.17) is 4.74 Å². The Labute approximate surface area is 149 Å². The van der Waals surface area contributed by atoms with Crippen molar-refractivity contribution in [3.63, 3.8) is 0 Å². The third-order valence-electron chi connectivity index (χ3n) is 7.81. The predicted molar refractivity (Wildman–Crippen MR) is 98.7 cm³/mol. The Bertz CT molecular complexity index is 476. The molecule has 24 heavy (non-hydrogen) atoms. The molecule has 2 heteroatoms. The molecular formula is C22H38O2. The van der Waals surface area contributed by atoms with E-state index in [0.29, 0.717) is 5.92 Å². The Balaban J connectivity index is 1.70. The lowest BCUT2D eigenvalue weighted by Gasteiger charge is -2.41. The maximum absolute atomic E-state index is 13.3. The summed E-state index contributed by atoms with van der Waals surface area (Å²) in [5, 5.41) is 0. The van der Waals surface area contributed by atoms with Crippen LogP contribution in [-0.2, 0) is 9.53 Å². The molecular weight excluding hydrogens is 296 g/mol. The minimum atomic E-state index is -0.228. The molecule has 0 saturated heterocycles. The molecule has 0 N–H and O–H groups in total. The van der Waals surface area contributed by atoms with Gasteiger partial charge in [0.2, 0.25) is 0 Å². The first-order chi connectivity index (χ1) is 11.2. The van der Waals surface area contributed by atoms with E-state index in [0.717, 1.165) is 31.6 Å². The van der Waals surface area contributed by atoms with Crippen molar-refractivity contribution in [2.24, 2.45) is 28.1 Å². The monoisotopic (exact) mass is 334 g/mol. The maximum atomic E-state index is 13.3. The highest BCUT2D eigenvalue weighted by atomic mass is 16.5. The van der Waals surface area contributed by atoms with Gasteiger partial charge in [-0.05, 0) is 61.2 Å². The molecule has 0 radical (unpaired) electrons. The van der Waals surface area contributed by atoms with Crippen molar-refractivity contribution in [2.45, 2.75) is 105 Å². The number of fused-ring (bicyclic) bond motifs is 1. The average Bonchev–Trinajstić information content (AvgIpc) is 3.09. The molecule has 0 bridgehead atoms. The molecule has 0 aromatic heterocycles. The van der Waals surface area contributed by atoms with E-state index in [1.807, 2.05) is 0 Å². The largest absolute Gasteiger partial charge is 0.462 e. The van der Waals surface area contributed by atoms with Crippen molar-refractivity contribution >= 4 is 5.97 Å². The van der Waals surface area contributed by atoms with Gasteiger partial charge in [-0.2, -0.15) is 0 Å². The highest BCUT2D eigenvalue weighted by molar-refractivity contribution is 5.82. The number of hydrogen-bond acceptors (Lipinski definition) is 2. The molecule has 138 valence electrons. The highest BCUT2D eigenvalue weighted by Crippen LogP contribution is 2.68. The Morgan fingerprint density at radius 3 is 2.33 bits per heavy atom. The summed E-state index contributed by atoms with van der Waals surface area (Å²) in [5.74, 6) is 1.60. The molecule has 3 saturated carbocycles. The van der Waals surface area contributed by atoms with Crippen molar-refractivity contribution in [3.8, 4) is 0 Å². The van der Waals surface area contributed by atoms with Crippen LogP contribution >= 0.6 is 0 Å². The van der Waals surface area contributed by atoms with Gasteiger partial charge < -0.3 is 4.74 Å². The lowest BCUT2D eigenvalue weighted by atomic mass is 9.69. The molecule has 0 aliphatic heterocycles. The van der Waals surface area contributed by atoms with Gasteiger partial charge in [0.15, 0.2) is 0 Å². The summed E-state index contributed by atoms with van der Waals surface area (Å²) < 4.78 is 6.28. The fraction of sp³-hybridized carbons (Fsp3) is 0.955. The smallest absolute Gasteiger partial charge is 0.312 e. The average molecular weight is 335 g/mol. The second-order valence-electron chi connectivity index (χ2n) is 10.4. The summed E-state index contributed by atoms with van der Waals surface area (Å²) >= 11 is 0. The van der Waals surface area contributed by atoms with Crippen molar-refractivity contribution < 1.29 is 9.53 Å². The van der Waals surface area contributed by atoms with Gasteiger partial charge in [-0.25, -0.2) is 0 Å². The summed E-state index contributed by atoms with van der Waals surface area (Å²) in [7, 11) is 0. The van der Waals surface area contributed by atoms with Crippen LogP contribution in [0.4, 0.5) is 0 Å². The van der Waals surface area contributed by atoms with Crippen molar-refractivity contribution in [3.05, 3.63) is 0 Å². The quantitative estimate of drug-likeness (QED) is 0.565. The van der Waals surface area contributed by atoms with Crippen LogP contribution < -0.4 is 0 Å². The normalized spacial score (nSPS) is 38.3. The van der Waals surface area contributed by atoms with Crippen LogP contribution in [0.3, 0.4) is 0 Å². The minimum absolute atomic E-state index is 0.108.